The molecule has 1 aliphatic carbocycles. The molecule has 0 aliphatic heterocycles. The van der Waals surface area contributed by atoms with Gasteiger partial charge in [-0.15, -0.1) is 0 Å². The summed E-state index contributed by atoms with van der Waals surface area (Å²) in [6.45, 7) is 3.98. The molecule has 5 rings (SSSR count). The Morgan fingerprint density at radius 2 is 1.48 bits per heavy atom. The molecule has 29 heavy (non-hydrogen) atoms. The number of aryl methyl sites for hydroxylation is 2. The summed E-state index contributed by atoms with van der Waals surface area (Å²) in [6, 6.07) is 14.0. The average Bonchev–Trinajstić information content (AvgIpc) is 3.28. The predicted molar refractivity (Wildman–Crippen MR) is 109 cm³/mol. The third-order valence-corrected chi connectivity index (χ3v) is 5.97. The van der Waals surface area contributed by atoms with Crippen LogP contribution in [0.1, 0.15) is 56.2 Å². The molecule has 2 aromatic carbocycles. The van der Waals surface area contributed by atoms with E-state index in [4.69, 9.17) is 4.42 Å². The molecule has 1 unspecified atom stereocenters. The summed E-state index contributed by atoms with van der Waals surface area (Å²) in [4.78, 5) is 26.1. The zero-order valence-electron chi connectivity index (χ0n) is 16.2. The second-order valence-electron chi connectivity index (χ2n) is 7.82. The minimum absolute atomic E-state index is 0.0246. The first-order chi connectivity index (χ1) is 13.9. The summed E-state index contributed by atoms with van der Waals surface area (Å²) in [5.41, 5.74) is 6.77. The van der Waals surface area contributed by atoms with E-state index in [0.717, 1.165) is 27.8 Å². The molecule has 3 nitrogen and oxygen atoms in total. The largest absolute Gasteiger partial charge is 0.456 e. The molecule has 1 atom stereocenters. The van der Waals surface area contributed by atoms with Crippen molar-refractivity contribution in [3.8, 4) is 11.1 Å². The van der Waals surface area contributed by atoms with Crippen LogP contribution in [0.15, 0.2) is 52.9 Å². The maximum Gasteiger partial charge on any atom is 0.174 e. The highest BCUT2D eigenvalue weighted by molar-refractivity contribution is 6.20. The van der Waals surface area contributed by atoms with Gasteiger partial charge in [-0.05, 0) is 72.4 Å². The van der Waals surface area contributed by atoms with E-state index in [-0.39, 0.29) is 23.3 Å². The molecule has 144 valence electrons. The highest BCUT2D eigenvalue weighted by Gasteiger charge is 2.36. The van der Waals surface area contributed by atoms with Gasteiger partial charge in [-0.3, -0.25) is 9.59 Å². The van der Waals surface area contributed by atoms with Crippen molar-refractivity contribution in [2.24, 2.45) is 0 Å². The number of carbonyl (C=O) groups excluding carboxylic acids is 2. The van der Waals surface area contributed by atoms with E-state index in [9.17, 15) is 14.0 Å². The van der Waals surface area contributed by atoms with Crippen LogP contribution in [-0.2, 0) is 0 Å². The number of hydrogen-bond donors (Lipinski definition) is 0. The molecule has 0 saturated carbocycles. The standard InChI is InChI=1S/C25H19FO3/c1-13-11-16(15-3-5-17(26)6-4-15)12-14(2)22(13)18-7-8-19(27)23-20-9-10-21(29-20)24(23)25(18)28/h3-6,9-12,18H,7-8H2,1-2H3. The van der Waals surface area contributed by atoms with Crippen LogP contribution in [0.3, 0.4) is 0 Å². The average molecular weight is 386 g/mol. The van der Waals surface area contributed by atoms with Crippen LogP contribution in [0.5, 0.6) is 0 Å². The van der Waals surface area contributed by atoms with Crippen molar-refractivity contribution in [1.29, 1.82) is 0 Å². The highest BCUT2D eigenvalue weighted by Crippen LogP contribution is 2.41. The lowest BCUT2D eigenvalue weighted by Crippen LogP contribution is -2.15. The Labute approximate surface area is 167 Å². The van der Waals surface area contributed by atoms with Crippen molar-refractivity contribution < 1.29 is 18.4 Å². The van der Waals surface area contributed by atoms with Crippen molar-refractivity contribution in [3.05, 3.63) is 82.2 Å². The molecular weight excluding hydrogens is 367 g/mol. The lowest BCUT2D eigenvalue weighted by molar-refractivity contribution is 0.0957. The van der Waals surface area contributed by atoms with Crippen molar-refractivity contribution >= 4 is 22.7 Å². The van der Waals surface area contributed by atoms with Gasteiger partial charge in [0.05, 0.1) is 11.1 Å². The molecule has 0 spiro atoms. The molecule has 0 radical (unpaired) electrons. The first kappa shape index (κ1) is 17.8. The van der Waals surface area contributed by atoms with E-state index in [0.29, 0.717) is 35.1 Å². The highest BCUT2D eigenvalue weighted by atomic mass is 19.1. The topological polar surface area (TPSA) is 47.3 Å². The van der Waals surface area contributed by atoms with Crippen LogP contribution in [0.2, 0.25) is 0 Å². The molecule has 0 amide bonds. The zero-order chi connectivity index (χ0) is 20.3. The van der Waals surface area contributed by atoms with Crippen molar-refractivity contribution in [1.82, 2.24) is 0 Å². The van der Waals surface area contributed by atoms with Gasteiger partial charge in [0, 0.05) is 12.3 Å². The van der Waals surface area contributed by atoms with Crippen LogP contribution in [0.4, 0.5) is 4.39 Å². The number of rotatable bonds is 2. The Kier molecular flexibility index (Phi) is 3.91. The summed E-state index contributed by atoms with van der Waals surface area (Å²) >= 11 is 0. The number of carbonyl (C=O) groups is 2. The summed E-state index contributed by atoms with van der Waals surface area (Å²) in [7, 11) is 0. The number of benzene rings is 3. The maximum atomic E-state index is 13.5. The van der Waals surface area contributed by atoms with Crippen molar-refractivity contribution in [2.45, 2.75) is 32.6 Å². The van der Waals surface area contributed by atoms with E-state index < -0.39 is 0 Å². The smallest absolute Gasteiger partial charge is 0.174 e. The number of ketones is 2. The number of Topliss-reactive ketones (excluding diaryl/α,β-unsaturated/α-hetero) is 2. The molecule has 0 N–H and O–H groups in total. The molecule has 2 aromatic heterocycles. The minimum Gasteiger partial charge on any atom is -0.456 e. The third-order valence-electron chi connectivity index (χ3n) is 5.97. The van der Waals surface area contributed by atoms with Crippen LogP contribution < -0.4 is 0 Å². The van der Waals surface area contributed by atoms with Gasteiger partial charge in [0.15, 0.2) is 11.6 Å². The fraction of sp³-hybridized carbons (Fsp3) is 0.200. The second kappa shape index (κ2) is 6.38. The van der Waals surface area contributed by atoms with Gasteiger partial charge < -0.3 is 4.42 Å². The van der Waals surface area contributed by atoms with E-state index in [1.807, 2.05) is 26.0 Å². The van der Waals surface area contributed by atoms with Gasteiger partial charge in [-0.2, -0.15) is 0 Å². The Bertz CT molecular complexity index is 1240. The Balaban J connectivity index is 1.60. The zero-order valence-corrected chi connectivity index (χ0v) is 16.2. The van der Waals surface area contributed by atoms with Crippen LogP contribution >= 0.6 is 0 Å². The number of halogens is 1. The van der Waals surface area contributed by atoms with Crippen molar-refractivity contribution in [3.63, 3.8) is 0 Å². The molecule has 4 aromatic rings. The number of furan rings is 2. The van der Waals surface area contributed by atoms with E-state index in [2.05, 4.69) is 0 Å². The summed E-state index contributed by atoms with van der Waals surface area (Å²) in [5, 5.41) is 0. The first-order valence-corrected chi connectivity index (χ1v) is 9.73. The van der Waals surface area contributed by atoms with Gasteiger partial charge in [0.1, 0.15) is 17.0 Å². The monoisotopic (exact) mass is 386 g/mol. The normalized spacial score (nSPS) is 17.0. The predicted octanol–water partition coefficient (Wildman–Crippen LogP) is 6.24. The molecule has 0 saturated heterocycles. The molecular formula is C25H19FO3. The lowest BCUT2D eigenvalue weighted by Gasteiger charge is -2.20. The summed E-state index contributed by atoms with van der Waals surface area (Å²) < 4.78 is 18.9. The molecule has 1 aliphatic rings. The van der Waals surface area contributed by atoms with Crippen LogP contribution in [-0.4, -0.2) is 11.6 Å². The van der Waals surface area contributed by atoms with Crippen LogP contribution in [0, 0.1) is 19.7 Å². The van der Waals surface area contributed by atoms with Gasteiger partial charge in [-0.25, -0.2) is 4.39 Å². The minimum atomic E-state index is -0.377. The quantitative estimate of drug-likeness (QED) is 0.383. The maximum absolute atomic E-state index is 13.5. The van der Waals surface area contributed by atoms with E-state index in [1.165, 1.54) is 12.1 Å². The number of hydrogen-bond acceptors (Lipinski definition) is 3. The first-order valence-electron chi connectivity index (χ1n) is 9.73. The van der Waals surface area contributed by atoms with E-state index in [1.54, 1.807) is 24.3 Å². The Morgan fingerprint density at radius 1 is 0.862 bits per heavy atom. The molecule has 0 fully saturated rings. The van der Waals surface area contributed by atoms with Gasteiger partial charge >= 0.3 is 0 Å². The Morgan fingerprint density at radius 3 is 2.14 bits per heavy atom. The number of fused-ring (bicyclic) bond motifs is 5. The summed E-state index contributed by atoms with van der Waals surface area (Å²) in [6.07, 6.45) is 0.810. The summed E-state index contributed by atoms with van der Waals surface area (Å²) in [5.74, 6) is -0.711. The van der Waals surface area contributed by atoms with Crippen LogP contribution in [0.25, 0.3) is 22.3 Å². The van der Waals surface area contributed by atoms with E-state index >= 15 is 0 Å². The fourth-order valence-electron chi connectivity index (χ4n) is 4.69. The molecule has 4 heteroatoms. The third kappa shape index (κ3) is 2.70. The Hall–Kier alpha value is -3.27. The molecule has 2 heterocycles. The SMILES string of the molecule is Cc1cc(-c2ccc(F)cc2)cc(C)c1C1CCC(=O)c2c(c3ccc2o3)C1=O. The van der Waals surface area contributed by atoms with Gasteiger partial charge in [0.2, 0.25) is 0 Å². The van der Waals surface area contributed by atoms with Crippen molar-refractivity contribution in [2.75, 3.05) is 0 Å². The fourth-order valence-corrected chi connectivity index (χ4v) is 4.69. The van der Waals surface area contributed by atoms with Gasteiger partial charge in [-0.1, -0.05) is 24.3 Å². The van der Waals surface area contributed by atoms with Gasteiger partial charge in [0.25, 0.3) is 0 Å². The lowest BCUT2D eigenvalue weighted by atomic mass is 9.82. The molecule has 2 bridgehead atoms. The second-order valence-corrected chi connectivity index (χ2v) is 7.82.